The Labute approximate surface area is 180 Å². The molecule has 1 N–H and O–H groups in total. The van der Waals surface area contributed by atoms with Crippen molar-refractivity contribution in [2.24, 2.45) is 0 Å². The standard InChI is InChI=1S/C21H16N4O3S2/c1-27-14-3-5-16-12(8-14)7-13(10-22)20(23-16)29-11-19(26)25-21-24-17-6-4-15(28-2)9-18(17)30-21/h3-9H,11H2,1-2H3,(H,24,25,26). The molecule has 0 unspecified atom stereocenters. The van der Waals surface area contributed by atoms with Gasteiger partial charge >= 0.3 is 0 Å². The first kappa shape index (κ1) is 19.9. The Morgan fingerprint density at radius 1 is 1.10 bits per heavy atom. The molecule has 2 aromatic heterocycles. The van der Waals surface area contributed by atoms with Crippen LogP contribution in [0.2, 0.25) is 0 Å². The number of fused-ring (bicyclic) bond motifs is 2. The number of carbonyl (C=O) groups excluding carboxylic acids is 1. The minimum Gasteiger partial charge on any atom is -0.497 e. The SMILES string of the molecule is COc1ccc2nc(SCC(=O)Nc3nc4ccc(OC)cc4s3)c(C#N)cc2c1. The van der Waals surface area contributed by atoms with Gasteiger partial charge in [-0.3, -0.25) is 4.79 Å². The zero-order valence-corrected chi connectivity index (χ0v) is 17.8. The molecule has 2 heterocycles. The summed E-state index contributed by atoms with van der Waals surface area (Å²) in [6.45, 7) is 0. The van der Waals surface area contributed by atoms with Crippen LogP contribution in [0.3, 0.4) is 0 Å². The first-order valence-corrected chi connectivity index (χ1v) is 10.7. The number of aromatic nitrogens is 2. The van der Waals surface area contributed by atoms with Crippen molar-refractivity contribution in [2.45, 2.75) is 5.03 Å². The van der Waals surface area contributed by atoms with Crippen molar-refractivity contribution in [3.05, 3.63) is 48.0 Å². The van der Waals surface area contributed by atoms with Crippen LogP contribution in [0.25, 0.3) is 21.1 Å². The number of ether oxygens (including phenoxy) is 2. The minimum absolute atomic E-state index is 0.114. The molecule has 4 rings (SSSR count). The second-order valence-corrected chi connectivity index (χ2v) is 8.20. The highest BCUT2D eigenvalue weighted by atomic mass is 32.2. The van der Waals surface area contributed by atoms with E-state index in [2.05, 4.69) is 21.4 Å². The fourth-order valence-corrected chi connectivity index (χ4v) is 4.50. The Kier molecular flexibility index (Phi) is 5.70. The smallest absolute Gasteiger partial charge is 0.236 e. The van der Waals surface area contributed by atoms with Crippen LogP contribution in [-0.4, -0.2) is 35.8 Å². The number of nitrogens with zero attached hydrogens (tertiary/aromatic N) is 3. The van der Waals surface area contributed by atoms with E-state index in [1.807, 2.05) is 36.4 Å². The van der Waals surface area contributed by atoms with E-state index >= 15 is 0 Å². The second kappa shape index (κ2) is 8.57. The molecule has 0 radical (unpaired) electrons. The highest BCUT2D eigenvalue weighted by Crippen LogP contribution is 2.30. The van der Waals surface area contributed by atoms with E-state index in [0.29, 0.717) is 21.5 Å². The third-order valence-electron chi connectivity index (χ3n) is 4.29. The summed E-state index contributed by atoms with van der Waals surface area (Å²) in [7, 11) is 3.19. The summed E-state index contributed by atoms with van der Waals surface area (Å²) in [5.41, 5.74) is 1.95. The van der Waals surface area contributed by atoms with Crippen molar-refractivity contribution in [1.82, 2.24) is 9.97 Å². The monoisotopic (exact) mass is 436 g/mol. The van der Waals surface area contributed by atoms with Gasteiger partial charge in [-0.15, -0.1) is 0 Å². The number of nitriles is 1. The lowest BCUT2D eigenvalue weighted by atomic mass is 10.1. The van der Waals surface area contributed by atoms with E-state index < -0.39 is 0 Å². The number of benzene rings is 2. The summed E-state index contributed by atoms with van der Waals surface area (Å²) < 4.78 is 11.4. The lowest BCUT2D eigenvalue weighted by molar-refractivity contribution is -0.113. The normalized spacial score (nSPS) is 10.7. The molecule has 0 atom stereocenters. The Morgan fingerprint density at radius 2 is 1.83 bits per heavy atom. The van der Waals surface area contributed by atoms with Crippen LogP contribution in [0.1, 0.15) is 5.56 Å². The molecule has 0 aliphatic rings. The van der Waals surface area contributed by atoms with Gasteiger partial charge in [0.15, 0.2) is 5.13 Å². The van der Waals surface area contributed by atoms with Crippen molar-refractivity contribution < 1.29 is 14.3 Å². The maximum atomic E-state index is 12.4. The minimum atomic E-state index is -0.216. The number of nitrogens with one attached hydrogen (secondary N) is 1. The molecule has 7 nitrogen and oxygen atoms in total. The molecule has 30 heavy (non-hydrogen) atoms. The number of amides is 1. The van der Waals surface area contributed by atoms with Gasteiger partial charge in [-0.25, -0.2) is 9.97 Å². The molecule has 0 saturated carbocycles. The van der Waals surface area contributed by atoms with Gasteiger partial charge in [-0.05, 0) is 42.5 Å². The molecule has 0 fully saturated rings. The fraction of sp³-hybridized carbons (Fsp3) is 0.143. The summed E-state index contributed by atoms with van der Waals surface area (Å²) in [5.74, 6) is 1.33. The fourth-order valence-electron chi connectivity index (χ4n) is 2.83. The van der Waals surface area contributed by atoms with Gasteiger partial charge in [-0.1, -0.05) is 23.1 Å². The van der Waals surface area contributed by atoms with Crippen molar-refractivity contribution >= 4 is 55.3 Å². The van der Waals surface area contributed by atoms with E-state index in [0.717, 1.165) is 26.9 Å². The van der Waals surface area contributed by atoms with Crippen molar-refractivity contribution in [1.29, 1.82) is 5.26 Å². The number of methoxy groups -OCH3 is 2. The number of rotatable bonds is 6. The van der Waals surface area contributed by atoms with Crippen LogP contribution in [0, 0.1) is 11.3 Å². The van der Waals surface area contributed by atoms with Gasteiger partial charge < -0.3 is 14.8 Å². The van der Waals surface area contributed by atoms with Crippen LogP contribution in [0.15, 0.2) is 47.5 Å². The Bertz CT molecular complexity index is 1300. The maximum Gasteiger partial charge on any atom is 0.236 e. The summed E-state index contributed by atoms with van der Waals surface area (Å²) in [5, 5.41) is 14.1. The summed E-state index contributed by atoms with van der Waals surface area (Å²) in [6, 6.07) is 14.9. The average molecular weight is 437 g/mol. The van der Waals surface area contributed by atoms with E-state index in [-0.39, 0.29) is 11.7 Å². The second-order valence-electron chi connectivity index (χ2n) is 6.20. The molecule has 9 heteroatoms. The highest BCUT2D eigenvalue weighted by Gasteiger charge is 2.13. The molecule has 150 valence electrons. The molecular formula is C21H16N4O3S2. The molecule has 0 aliphatic carbocycles. The summed E-state index contributed by atoms with van der Waals surface area (Å²) in [4.78, 5) is 21.4. The lowest BCUT2D eigenvalue weighted by Crippen LogP contribution is -2.14. The zero-order chi connectivity index (χ0) is 21.1. The van der Waals surface area contributed by atoms with Gasteiger partial charge in [0.05, 0.1) is 41.3 Å². The van der Waals surface area contributed by atoms with Gasteiger partial charge in [0.1, 0.15) is 22.6 Å². The first-order chi connectivity index (χ1) is 14.6. The maximum absolute atomic E-state index is 12.4. The molecule has 0 spiro atoms. The van der Waals surface area contributed by atoms with Crippen molar-refractivity contribution in [3.63, 3.8) is 0 Å². The van der Waals surface area contributed by atoms with Crippen molar-refractivity contribution in [2.75, 3.05) is 25.3 Å². The van der Waals surface area contributed by atoms with Gasteiger partial charge in [-0.2, -0.15) is 5.26 Å². The van der Waals surface area contributed by atoms with Gasteiger partial charge in [0.25, 0.3) is 0 Å². The van der Waals surface area contributed by atoms with E-state index in [4.69, 9.17) is 9.47 Å². The van der Waals surface area contributed by atoms with E-state index in [9.17, 15) is 10.1 Å². The Hall–Kier alpha value is -3.35. The predicted molar refractivity (Wildman–Crippen MR) is 119 cm³/mol. The summed E-state index contributed by atoms with van der Waals surface area (Å²) >= 11 is 2.59. The Morgan fingerprint density at radius 3 is 2.57 bits per heavy atom. The Balaban J connectivity index is 1.48. The number of thioether (sulfide) groups is 1. The predicted octanol–water partition coefficient (Wildman–Crippen LogP) is 4.46. The van der Waals surface area contributed by atoms with Crippen LogP contribution < -0.4 is 14.8 Å². The van der Waals surface area contributed by atoms with Crippen LogP contribution in [-0.2, 0) is 4.79 Å². The molecule has 0 bridgehead atoms. The molecule has 0 saturated heterocycles. The van der Waals surface area contributed by atoms with E-state index in [1.54, 1.807) is 20.3 Å². The number of hydrogen-bond acceptors (Lipinski definition) is 8. The van der Waals surface area contributed by atoms with Crippen LogP contribution >= 0.6 is 23.1 Å². The van der Waals surface area contributed by atoms with E-state index in [1.165, 1.54) is 23.1 Å². The molecule has 4 aromatic rings. The molecular weight excluding hydrogens is 420 g/mol. The third kappa shape index (κ3) is 4.15. The molecule has 2 aromatic carbocycles. The largest absolute Gasteiger partial charge is 0.497 e. The van der Waals surface area contributed by atoms with Gasteiger partial charge in [0.2, 0.25) is 5.91 Å². The highest BCUT2D eigenvalue weighted by molar-refractivity contribution is 8.00. The number of thiazole rings is 1. The summed E-state index contributed by atoms with van der Waals surface area (Å²) in [6.07, 6.45) is 0. The number of pyridine rings is 1. The number of carbonyl (C=O) groups is 1. The average Bonchev–Trinajstić information content (AvgIpc) is 3.17. The molecule has 0 aliphatic heterocycles. The van der Waals surface area contributed by atoms with Crippen LogP contribution in [0.5, 0.6) is 11.5 Å². The lowest BCUT2D eigenvalue weighted by Gasteiger charge is -2.07. The topological polar surface area (TPSA) is 97.1 Å². The number of hydrogen-bond donors (Lipinski definition) is 1. The van der Waals surface area contributed by atoms with Gasteiger partial charge in [0, 0.05) is 5.39 Å². The quantitative estimate of drug-likeness (QED) is 0.446. The first-order valence-electron chi connectivity index (χ1n) is 8.85. The molecule has 1 amide bonds. The van der Waals surface area contributed by atoms with Crippen molar-refractivity contribution in [3.8, 4) is 17.6 Å². The number of anilines is 1. The third-order valence-corrected chi connectivity index (χ3v) is 6.21. The van der Waals surface area contributed by atoms with Crippen LogP contribution in [0.4, 0.5) is 5.13 Å². The zero-order valence-electron chi connectivity index (χ0n) is 16.1.